The normalized spacial score (nSPS) is 17.2. The number of benzene rings is 1. The topological polar surface area (TPSA) is 36.9 Å². The third kappa shape index (κ3) is 3.37. The maximum atomic E-state index is 5.77. The van der Waals surface area contributed by atoms with E-state index in [2.05, 4.69) is 6.92 Å². The van der Waals surface area contributed by atoms with Gasteiger partial charge in [-0.1, -0.05) is 13.3 Å². The first-order valence-corrected chi connectivity index (χ1v) is 7.26. The maximum absolute atomic E-state index is 5.77. The molecule has 2 rings (SSSR count). The number of hydrogen-bond acceptors (Lipinski definition) is 4. The summed E-state index contributed by atoms with van der Waals surface area (Å²) >= 11 is 0. The van der Waals surface area contributed by atoms with Crippen molar-refractivity contribution in [3.63, 3.8) is 0 Å². The van der Waals surface area contributed by atoms with Gasteiger partial charge >= 0.3 is 0 Å². The number of ether oxygens (including phenoxy) is 4. The molecule has 0 fully saturated rings. The third-order valence-corrected chi connectivity index (χ3v) is 3.64. The fourth-order valence-electron chi connectivity index (χ4n) is 2.43. The lowest BCUT2D eigenvalue weighted by atomic mass is 9.93. The standard InChI is InChI=1S/C16H24O4/c1-4-5-7-19-11-12-6-8-20-14-10-16(18-3)15(17-2)9-13(12)14/h9-10,12H,4-8,11H2,1-3H3. The minimum absolute atomic E-state index is 0.371. The molecule has 0 amide bonds. The molecular formula is C16H24O4. The average molecular weight is 280 g/mol. The first kappa shape index (κ1) is 15.0. The van der Waals surface area contributed by atoms with E-state index in [-0.39, 0.29) is 0 Å². The molecule has 0 N–H and O–H groups in total. The fourth-order valence-corrected chi connectivity index (χ4v) is 2.43. The molecule has 1 unspecified atom stereocenters. The van der Waals surface area contributed by atoms with Crippen LogP contribution in [0.1, 0.15) is 37.7 Å². The molecule has 0 saturated heterocycles. The first-order valence-electron chi connectivity index (χ1n) is 7.26. The summed E-state index contributed by atoms with van der Waals surface area (Å²) in [7, 11) is 3.29. The Labute approximate surface area is 121 Å². The van der Waals surface area contributed by atoms with E-state index in [9.17, 15) is 0 Å². The summed E-state index contributed by atoms with van der Waals surface area (Å²) in [6.07, 6.45) is 3.26. The van der Waals surface area contributed by atoms with E-state index >= 15 is 0 Å². The van der Waals surface area contributed by atoms with E-state index in [1.165, 1.54) is 0 Å². The van der Waals surface area contributed by atoms with Crippen LogP contribution in [0.3, 0.4) is 0 Å². The van der Waals surface area contributed by atoms with Crippen LogP contribution < -0.4 is 14.2 Å². The van der Waals surface area contributed by atoms with Gasteiger partial charge in [-0.05, 0) is 18.9 Å². The Morgan fingerprint density at radius 1 is 1.20 bits per heavy atom. The molecule has 0 aromatic heterocycles. The Balaban J connectivity index is 2.12. The van der Waals surface area contributed by atoms with Gasteiger partial charge in [-0.2, -0.15) is 0 Å². The van der Waals surface area contributed by atoms with E-state index in [0.717, 1.165) is 56.1 Å². The van der Waals surface area contributed by atoms with Gasteiger partial charge in [0.2, 0.25) is 0 Å². The second-order valence-corrected chi connectivity index (χ2v) is 5.01. The summed E-state index contributed by atoms with van der Waals surface area (Å²) in [5, 5.41) is 0. The van der Waals surface area contributed by atoms with Gasteiger partial charge in [0.15, 0.2) is 11.5 Å². The molecule has 0 aliphatic carbocycles. The van der Waals surface area contributed by atoms with Crippen molar-refractivity contribution >= 4 is 0 Å². The van der Waals surface area contributed by atoms with Crippen LogP contribution in [0.15, 0.2) is 12.1 Å². The highest BCUT2D eigenvalue weighted by Crippen LogP contribution is 2.41. The van der Waals surface area contributed by atoms with E-state index < -0.39 is 0 Å². The minimum Gasteiger partial charge on any atom is -0.493 e. The highest BCUT2D eigenvalue weighted by molar-refractivity contribution is 5.52. The maximum Gasteiger partial charge on any atom is 0.164 e. The van der Waals surface area contributed by atoms with Crippen molar-refractivity contribution < 1.29 is 18.9 Å². The molecule has 112 valence electrons. The molecule has 4 heteroatoms. The molecule has 1 aliphatic heterocycles. The number of fused-ring (bicyclic) bond motifs is 1. The SMILES string of the molecule is CCCCOCC1CCOc2cc(OC)c(OC)cc21. The smallest absolute Gasteiger partial charge is 0.164 e. The highest BCUT2D eigenvalue weighted by atomic mass is 16.5. The molecule has 1 aromatic rings. The van der Waals surface area contributed by atoms with Crippen LogP contribution in [0.25, 0.3) is 0 Å². The zero-order valence-electron chi connectivity index (χ0n) is 12.6. The van der Waals surface area contributed by atoms with E-state index in [4.69, 9.17) is 18.9 Å². The average Bonchev–Trinajstić information content (AvgIpc) is 2.50. The Hall–Kier alpha value is -1.42. The van der Waals surface area contributed by atoms with Crippen molar-refractivity contribution in [2.75, 3.05) is 34.0 Å². The summed E-state index contributed by atoms with van der Waals surface area (Å²) in [6, 6.07) is 3.92. The monoisotopic (exact) mass is 280 g/mol. The number of rotatable bonds is 7. The lowest BCUT2D eigenvalue weighted by Gasteiger charge is -2.27. The molecule has 20 heavy (non-hydrogen) atoms. The lowest BCUT2D eigenvalue weighted by molar-refractivity contribution is 0.103. The van der Waals surface area contributed by atoms with Crippen LogP contribution in [0.5, 0.6) is 17.2 Å². The lowest BCUT2D eigenvalue weighted by Crippen LogP contribution is -2.19. The van der Waals surface area contributed by atoms with Gasteiger partial charge in [-0.15, -0.1) is 0 Å². The highest BCUT2D eigenvalue weighted by Gasteiger charge is 2.24. The van der Waals surface area contributed by atoms with E-state index in [0.29, 0.717) is 11.7 Å². The molecule has 1 heterocycles. The predicted molar refractivity (Wildman–Crippen MR) is 78.1 cm³/mol. The van der Waals surface area contributed by atoms with Gasteiger partial charge < -0.3 is 18.9 Å². The zero-order valence-corrected chi connectivity index (χ0v) is 12.6. The molecule has 0 spiro atoms. The van der Waals surface area contributed by atoms with E-state index in [1.807, 2.05) is 12.1 Å². The number of unbranched alkanes of at least 4 members (excludes halogenated alkanes) is 1. The number of hydrogen-bond donors (Lipinski definition) is 0. The van der Waals surface area contributed by atoms with Crippen molar-refractivity contribution in [3.05, 3.63) is 17.7 Å². The summed E-state index contributed by atoms with van der Waals surface area (Å²) in [4.78, 5) is 0. The second-order valence-electron chi connectivity index (χ2n) is 5.01. The van der Waals surface area contributed by atoms with Crippen LogP contribution >= 0.6 is 0 Å². The van der Waals surface area contributed by atoms with Crippen LogP contribution in [0.4, 0.5) is 0 Å². The van der Waals surface area contributed by atoms with Crippen molar-refractivity contribution in [2.45, 2.75) is 32.1 Å². The summed E-state index contributed by atoms with van der Waals surface area (Å²) in [5.41, 5.74) is 1.16. The largest absolute Gasteiger partial charge is 0.493 e. The molecular weight excluding hydrogens is 256 g/mol. The fraction of sp³-hybridized carbons (Fsp3) is 0.625. The van der Waals surface area contributed by atoms with Gasteiger partial charge in [0.25, 0.3) is 0 Å². The van der Waals surface area contributed by atoms with Crippen molar-refractivity contribution in [2.24, 2.45) is 0 Å². The third-order valence-electron chi connectivity index (χ3n) is 3.64. The van der Waals surface area contributed by atoms with Crippen LogP contribution in [0.2, 0.25) is 0 Å². The van der Waals surface area contributed by atoms with Crippen LogP contribution in [-0.2, 0) is 4.74 Å². The van der Waals surface area contributed by atoms with Gasteiger partial charge in [-0.25, -0.2) is 0 Å². The van der Waals surface area contributed by atoms with Gasteiger partial charge in [0.1, 0.15) is 5.75 Å². The Kier molecular flexibility index (Phi) is 5.53. The molecule has 0 bridgehead atoms. The summed E-state index contributed by atoms with van der Waals surface area (Å²) < 4.78 is 22.2. The van der Waals surface area contributed by atoms with Crippen molar-refractivity contribution in [1.29, 1.82) is 0 Å². The summed E-state index contributed by atoms with van der Waals surface area (Å²) in [6.45, 7) is 4.47. The molecule has 0 saturated carbocycles. The van der Waals surface area contributed by atoms with Crippen LogP contribution in [0, 0.1) is 0 Å². The summed E-state index contributed by atoms with van der Waals surface area (Å²) in [5.74, 6) is 2.71. The van der Waals surface area contributed by atoms with Gasteiger partial charge in [0.05, 0.1) is 27.4 Å². The Bertz CT molecular complexity index is 431. The van der Waals surface area contributed by atoms with E-state index in [1.54, 1.807) is 14.2 Å². The van der Waals surface area contributed by atoms with Crippen molar-refractivity contribution in [3.8, 4) is 17.2 Å². The number of methoxy groups -OCH3 is 2. The molecule has 4 nitrogen and oxygen atoms in total. The van der Waals surface area contributed by atoms with Gasteiger partial charge in [-0.3, -0.25) is 0 Å². The Morgan fingerprint density at radius 3 is 2.65 bits per heavy atom. The van der Waals surface area contributed by atoms with Crippen molar-refractivity contribution in [1.82, 2.24) is 0 Å². The predicted octanol–water partition coefficient (Wildman–Crippen LogP) is 3.39. The quantitative estimate of drug-likeness (QED) is 0.717. The zero-order chi connectivity index (χ0) is 14.4. The Morgan fingerprint density at radius 2 is 1.95 bits per heavy atom. The first-order chi connectivity index (χ1) is 9.80. The molecule has 1 aliphatic rings. The minimum atomic E-state index is 0.371. The second kappa shape index (κ2) is 7.39. The molecule has 0 radical (unpaired) electrons. The van der Waals surface area contributed by atoms with Gasteiger partial charge in [0, 0.05) is 24.2 Å². The van der Waals surface area contributed by atoms with Crippen LogP contribution in [-0.4, -0.2) is 34.0 Å². The molecule has 1 atom stereocenters. The molecule has 1 aromatic carbocycles.